The van der Waals surface area contributed by atoms with Crippen molar-refractivity contribution in [3.8, 4) is 5.75 Å². The maximum atomic E-state index is 13.0. The smallest absolute Gasteiger partial charge is 0.338 e. The van der Waals surface area contributed by atoms with E-state index in [0.29, 0.717) is 5.56 Å². The fraction of sp³-hybridized carbons (Fsp3) is 0.115. The number of aryl methyl sites for hydroxylation is 1. The molecule has 1 aliphatic heterocycles. The maximum Gasteiger partial charge on any atom is 0.338 e. The first-order valence-electron chi connectivity index (χ1n) is 10.8. The van der Waals surface area contributed by atoms with Crippen molar-refractivity contribution in [1.82, 2.24) is 0 Å². The van der Waals surface area contributed by atoms with Gasteiger partial charge in [0.25, 0.3) is 17.5 Å². The lowest BCUT2D eigenvalue weighted by Gasteiger charge is -2.16. The number of ketones is 1. The number of nitro groups is 1. The van der Waals surface area contributed by atoms with E-state index in [0.717, 1.165) is 4.90 Å². The largest absolute Gasteiger partial charge is 0.454 e. The van der Waals surface area contributed by atoms with Gasteiger partial charge in [-0.05, 0) is 61.0 Å². The maximum absolute atomic E-state index is 13.0. The van der Waals surface area contributed by atoms with Gasteiger partial charge in [-0.1, -0.05) is 0 Å². The van der Waals surface area contributed by atoms with E-state index in [4.69, 9.17) is 9.47 Å². The average molecular weight is 502 g/mol. The van der Waals surface area contributed by atoms with Crippen molar-refractivity contribution in [1.29, 1.82) is 0 Å². The second-order valence-electron chi connectivity index (χ2n) is 8.05. The van der Waals surface area contributed by atoms with Crippen molar-refractivity contribution in [2.75, 3.05) is 11.5 Å². The van der Waals surface area contributed by atoms with Gasteiger partial charge in [0.15, 0.2) is 12.4 Å². The van der Waals surface area contributed by atoms with Gasteiger partial charge in [-0.3, -0.25) is 29.3 Å². The Balaban J connectivity index is 1.47. The molecular weight excluding hydrogens is 484 g/mol. The third kappa shape index (κ3) is 4.96. The van der Waals surface area contributed by atoms with Gasteiger partial charge < -0.3 is 9.47 Å². The van der Waals surface area contributed by atoms with Crippen LogP contribution in [0.1, 0.15) is 53.9 Å². The Bertz CT molecular complexity index is 1490. The molecule has 1 heterocycles. The molecule has 0 aliphatic carbocycles. The Kier molecular flexibility index (Phi) is 6.61. The molecule has 3 aromatic rings. The minimum Gasteiger partial charge on any atom is -0.454 e. The molecule has 2 amide bonds. The Morgan fingerprint density at radius 2 is 1.54 bits per heavy atom. The highest BCUT2D eigenvalue weighted by Crippen LogP contribution is 2.33. The van der Waals surface area contributed by atoms with Crippen molar-refractivity contribution in [2.24, 2.45) is 0 Å². The monoisotopic (exact) mass is 502 g/mol. The Labute approximate surface area is 209 Å². The minimum absolute atomic E-state index is 0.0374. The number of esters is 2. The molecule has 1 aliphatic rings. The Hall–Kier alpha value is -5.19. The van der Waals surface area contributed by atoms with Gasteiger partial charge in [-0.25, -0.2) is 9.69 Å². The van der Waals surface area contributed by atoms with Crippen LogP contribution in [0.25, 0.3) is 0 Å². The van der Waals surface area contributed by atoms with Crippen LogP contribution in [-0.4, -0.2) is 41.1 Å². The molecule has 3 aromatic carbocycles. The Morgan fingerprint density at radius 1 is 0.892 bits per heavy atom. The van der Waals surface area contributed by atoms with Gasteiger partial charge in [0.1, 0.15) is 5.75 Å². The number of non-ortho nitro benzene ring substituents is 1. The molecule has 0 bridgehead atoms. The zero-order valence-electron chi connectivity index (χ0n) is 19.5. The molecule has 0 N–H and O–H groups in total. The predicted octanol–water partition coefficient (Wildman–Crippen LogP) is 3.67. The van der Waals surface area contributed by atoms with Crippen molar-refractivity contribution in [3.63, 3.8) is 0 Å². The van der Waals surface area contributed by atoms with E-state index >= 15 is 0 Å². The standard InChI is InChI=1S/C26H18N2O9/c1-14-11-18(28(34)35)6-10-22(14)27-24(31)20-9-5-17(12-21(20)25(27)32)26(33)36-13-23(30)16-3-7-19(8-4-16)37-15(2)29/h3-12H,13H2,1-2H3. The van der Waals surface area contributed by atoms with Gasteiger partial charge >= 0.3 is 11.9 Å². The van der Waals surface area contributed by atoms with E-state index in [2.05, 4.69) is 0 Å². The summed E-state index contributed by atoms with van der Waals surface area (Å²) in [5.74, 6) is -2.96. The summed E-state index contributed by atoms with van der Waals surface area (Å²) in [6, 6.07) is 13.3. The molecule has 11 heteroatoms. The van der Waals surface area contributed by atoms with Crippen LogP contribution in [0.4, 0.5) is 11.4 Å². The van der Waals surface area contributed by atoms with E-state index in [1.807, 2.05) is 0 Å². The lowest BCUT2D eigenvalue weighted by molar-refractivity contribution is -0.384. The van der Waals surface area contributed by atoms with Crippen LogP contribution < -0.4 is 9.64 Å². The molecular formula is C26H18N2O9. The first kappa shape index (κ1) is 24.9. The number of fused-ring (bicyclic) bond motifs is 1. The van der Waals surface area contributed by atoms with Crippen LogP contribution in [0.3, 0.4) is 0 Å². The van der Waals surface area contributed by atoms with Crippen molar-refractivity contribution < 1.29 is 38.4 Å². The van der Waals surface area contributed by atoms with Crippen LogP contribution >= 0.6 is 0 Å². The number of carbonyl (C=O) groups is 5. The number of imide groups is 1. The summed E-state index contributed by atoms with van der Waals surface area (Å²) in [7, 11) is 0. The zero-order valence-corrected chi connectivity index (χ0v) is 19.5. The summed E-state index contributed by atoms with van der Waals surface area (Å²) in [6.45, 7) is 2.20. The number of carbonyl (C=O) groups excluding carboxylic acids is 5. The normalized spacial score (nSPS) is 12.2. The molecule has 0 saturated carbocycles. The SMILES string of the molecule is CC(=O)Oc1ccc(C(=O)COC(=O)c2ccc3c(c2)C(=O)N(c2ccc([N+](=O)[O-])cc2C)C3=O)cc1. The predicted molar refractivity (Wildman–Crippen MR) is 128 cm³/mol. The lowest BCUT2D eigenvalue weighted by atomic mass is 10.1. The summed E-state index contributed by atoms with van der Waals surface area (Å²) in [5, 5.41) is 11.0. The highest BCUT2D eigenvalue weighted by atomic mass is 16.6. The quantitative estimate of drug-likeness (QED) is 0.118. The molecule has 11 nitrogen and oxygen atoms in total. The van der Waals surface area contributed by atoms with Gasteiger partial charge in [0.2, 0.25) is 0 Å². The summed E-state index contributed by atoms with van der Waals surface area (Å²) < 4.78 is 9.98. The highest BCUT2D eigenvalue weighted by Gasteiger charge is 2.38. The van der Waals surface area contributed by atoms with Gasteiger partial charge in [-0.15, -0.1) is 0 Å². The zero-order chi connectivity index (χ0) is 26.9. The van der Waals surface area contributed by atoms with Crippen molar-refractivity contribution >= 4 is 40.9 Å². The molecule has 0 unspecified atom stereocenters. The van der Waals surface area contributed by atoms with Crippen molar-refractivity contribution in [3.05, 3.63) is 98.6 Å². The number of amides is 2. The molecule has 186 valence electrons. The second kappa shape index (κ2) is 9.82. The number of Topliss-reactive ketones (excluding diaryl/α,β-unsaturated/α-hetero) is 1. The van der Waals surface area contributed by atoms with Crippen LogP contribution in [-0.2, 0) is 9.53 Å². The number of ether oxygens (including phenoxy) is 2. The molecule has 0 saturated heterocycles. The fourth-order valence-electron chi connectivity index (χ4n) is 3.76. The van der Waals surface area contributed by atoms with Crippen LogP contribution in [0.2, 0.25) is 0 Å². The second-order valence-corrected chi connectivity index (χ2v) is 8.05. The molecule has 0 atom stereocenters. The molecule has 4 rings (SSSR count). The van der Waals surface area contributed by atoms with Crippen molar-refractivity contribution in [2.45, 2.75) is 13.8 Å². The fourth-order valence-corrected chi connectivity index (χ4v) is 3.76. The summed E-state index contributed by atoms with van der Waals surface area (Å²) in [5.41, 5.74) is 0.562. The van der Waals surface area contributed by atoms with Gasteiger partial charge in [0.05, 0.1) is 27.3 Å². The van der Waals surface area contributed by atoms with Crippen LogP contribution in [0.15, 0.2) is 60.7 Å². The third-order valence-corrected chi connectivity index (χ3v) is 5.53. The van der Waals surface area contributed by atoms with Gasteiger partial charge in [-0.2, -0.15) is 0 Å². The van der Waals surface area contributed by atoms with Crippen LogP contribution in [0.5, 0.6) is 5.75 Å². The number of hydrogen-bond donors (Lipinski definition) is 0. The molecule has 0 radical (unpaired) electrons. The van der Waals surface area contributed by atoms with E-state index in [1.165, 1.54) is 74.5 Å². The number of hydrogen-bond acceptors (Lipinski definition) is 9. The van der Waals surface area contributed by atoms with Crippen LogP contribution in [0, 0.1) is 17.0 Å². The summed E-state index contributed by atoms with van der Waals surface area (Å²) in [4.78, 5) is 73.1. The molecule has 0 spiro atoms. The minimum atomic E-state index is -0.877. The molecule has 37 heavy (non-hydrogen) atoms. The van der Waals surface area contributed by atoms with E-state index in [9.17, 15) is 34.1 Å². The average Bonchev–Trinajstić information content (AvgIpc) is 3.11. The number of nitrogens with zero attached hydrogens (tertiary/aromatic N) is 2. The first-order chi connectivity index (χ1) is 17.6. The molecule has 0 aromatic heterocycles. The number of benzene rings is 3. The van der Waals surface area contributed by atoms with E-state index < -0.39 is 41.1 Å². The highest BCUT2D eigenvalue weighted by molar-refractivity contribution is 6.35. The van der Waals surface area contributed by atoms with E-state index in [1.54, 1.807) is 0 Å². The first-order valence-corrected chi connectivity index (χ1v) is 10.8. The summed E-state index contributed by atoms with van der Waals surface area (Å²) in [6.07, 6.45) is 0. The Morgan fingerprint density at radius 3 is 2.16 bits per heavy atom. The number of rotatable bonds is 7. The van der Waals surface area contributed by atoms with E-state index in [-0.39, 0.29) is 39.4 Å². The molecule has 0 fully saturated rings. The number of nitro benzene ring substituents is 1. The van der Waals surface area contributed by atoms with Gasteiger partial charge in [0, 0.05) is 24.6 Å². The topological polar surface area (TPSA) is 150 Å². The third-order valence-electron chi connectivity index (χ3n) is 5.53. The summed E-state index contributed by atoms with van der Waals surface area (Å²) >= 11 is 0. The lowest BCUT2D eigenvalue weighted by Crippen LogP contribution is -2.30. The number of anilines is 1.